The van der Waals surface area contributed by atoms with Gasteiger partial charge in [-0.1, -0.05) is 13.3 Å². The lowest BCUT2D eigenvalue weighted by atomic mass is 10.4. The highest BCUT2D eigenvalue weighted by atomic mass is 16.5. The Morgan fingerprint density at radius 1 is 0.750 bits per heavy atom. The molecule has 0 radical (unpaired) electrons. The van der Waals surface area contributed by atoms with Crippen molar-refractivity contribution in [3.05, 3.63) is 0 Å². The fourth-order valence-corrected chi connectivity index (χ4v) is 1.29. The lowest BCUT2D eigenvalue weighted by Crippen LogP contribution is -2.16. The average Bonchev–Trinajstić information content (AvgIpc) is 2.53. The summed E-state index contributed by atoms with van der Waals surface area (Å²) in [5.41, 5.74) is 0. The molecular formula is C17H35NO6. The maximum Gasteiger partial charge on any atom is 0.155 e. The standard InChI is InChI=1S/C9H18O3.C8H17NO3/c1-3-4-5-11-6-7-12-8-9(2)10;1-8(10)7-12-6-5-11-4-3-9-2/h3-8H2,1-2H3;9H,3-7H2,1-2H3. The molecule has 0 saturated heterocycles. The molecular weight excluding hydrogens is 314 g/mol. The number of carbonyl (C=O) groups is 2. The second-order valence-corrected chi connectivity index (χ2v) is 5.19. The van der Waals surface area contributed by atoms with Crippen LogP contribution in [0.15, 0.2) is 0 Å². The zero-order valence-electron chi connectivity index (χ0n) is 15.7. The molecule has 0 fully saturated rings. The minimum atomic E-state index is 0.0465. The Morgan fingerprint density at radius 3 is 1.62 bits per heavy atom. The van der Waals surface area contributed by atoms with Crippen LogP contribution in [0.1, 0.15) is 33.6 Å². The van der Waals surface area contributed by atoms with Crippen LogP contribution in [0.4, 0.5) is 0 Å². The first-order valence-corrected chi connectivity index (χ1v) is 8.49. The van der Waals surface area contributed by atoms with Crippen molar-refractivity contribution in [3.8, 4) is 0 Å². The number of ether oxygens (including phenoxy) is 4. The average molecular weight is 349 g/mol. The highest BCUT2D eigenvalue weighted by Gasteiger charge is 1.93. The molecule has 0 aromatic heterocycles. The van der Waals surface area contributed by atoms with E-state index in [2.05, 4.69) is 12.2 Å². The Kier molecular flexibility index (Phi) is 23.4. The van der Waals surface area contributed by atoms with Crippen molar-refractivity contribution in [1.29, 1.82) is 0 Å². The molecule has 0 aromatic carbocycles. The summed E-state index contributed by atoms with van der Waals surface area (Å²) in [7, 11) is 1.87. The quantitative estimate of drug-likeness (QED) is 0.420. The molecule has 1 N–H and O–H groups in total. The molecule has 0 atom stereocenters. The molecule has 0 rings (SSSR count). The Morgan fingerprint density at radius 2 is 1.21 bits per heavy atom. The highest BCUT2D eigenvalue weighted by Crippen LogP contribution is 1.87. The topological polar surface area (TPSA) is 83.1 Å². The summed E-state index contributed by atoms with van der Waals surface area (Å²) < 4.78 is 20.4. The van der Waals surface area contributed by atoms with Crippen molar-refractivity contribution < 1.29 is 28.5 Å². The van der Waals surface area contributed by atoms with E-state index in [0.717, 1.165) is 26.0 Å². The van der Waals surface area contributed by atoms with Crippen molar-refractivity contribution in [2.75, 3.05) is 66.4 Å². The van der Waals surface area contributed by atoms with Crippen LogP contribution in [0.25, 0.3) is 0 Å². The van der Waals surface area contributed by atoms with E-state index >= 15 is 0 Å². The number of nitrogens with one attached hydrogen (secondary N) is 1. The van der Waals surface area contributed by atoms with Gasteiger partial charge < -0.3 is 24.3 Å². The minimum Gasteiger partial charge on any atom is -0.379 e. The van der Waals surface area contributed by atoms with Crippen molar-refractivity contribution >= 4 is 11.6 Å². The Hall–Kier alpha value is -0.860. The fraction of sp³-hybridized carbons (Fsp3) is 0.882. The van der Waals surface area contributed by atoms with Gasteiger partial charge in [0.1, 0.15) is 13.2 Å². The molecule has 0 aromatic rings. The van der Waals surface area contributed by atoms with Crippen LogP contribution < -0.4 is 5.32 Å². The lowest BCUT2D eigenvalue weighted by Gasteiger charge is -2.03. The van der Waals surface area contributed by atoms with Crippen molar-refractivity contribution in [1.82, 2.24) is 5.32 Å². The van der Waals surface area contributed by atoms with Crippen molar-refractivity contribution in [2.45, 2.75) is 33.6 Å². The van der Waals surface area contributed by atoms with Crippen LogP contribution in [0.5, 0.6) is 0 Å². The zero-order chi connectivity index (χ0) is 18.5. The Labute approximate surface area is 146 Å². The number of Topliss-reactive ketones (excluding diaryl/α,β-unsaturated/α-hetero) is 2. The third-order valence-corrected chi connectivity index (χ3v) is 2.49. The fourth-order valence-electron chi connectivity index (χ4n) is 1.29. The number of rotatable bonds is 16. The van der Waals surface area contributed by atoms with Gasteiger partial charge in [0.25, 0.3) is 0 Å². The van der Waals surface area contributed by atoms with Crippen LogP contribution in [-0.4, -0.2) is 78.0 Å². The molecule has 0 bridgehead atoms. The molecule has 0 heterocycles. The third-order valence-electron chi connectivity index (χ3n) is 2.49. The molecule has 0 unspecified atom stereocenters. The second kappa shape index (κ2) is 22.1. The van der Waals surface area contributed by atoms with Crippen LogP contribution in [0.2, 0.25) is 0 Å². The van der Waals surface area contributed by atoms with Gasteiger partial charge in [0.2, 0.25) is 0 Å². The minimum absolute atomic E-state index is 0.0465. The maximum absolute atomic E-state index is 10.4. The third kappa shape index (κ3) is 29.2. The van der Waals surface area contributed by atoms with Gasteiger partial charge in [-0.3, -0.25) is 9.59 Å². The van der Waals surface area contributed by atoms with Gasteiger partial charge in [0.05, 0.1) is 33.0 Å². The maximum atomic E-state index is 10.4. The zero-order valence-corrected chi connectivity index (χ0v) is 15.7. The van der Waals surface area contributed by atoms with Gasteiger partial charge in [-0.25, -0.2) is 0 Å². The predicted octanol–water partition coefficient (Wildman–Crippen LogP) is 1.24. The SMILES string of the molecule is CCCCOCCOCC(C)=O.CNCCOCCOCC(C)=O. The van der Waals surface area contributed by atoms with Gasteiger partial charge in [0.15, 0.2) is 11.6 Å². The molecule has 0 amide bonds. The van der Waals surface area contributed by atoms with E-state index in [4.69, 9.17) is 18.9 Å². The normalized spacial score (nSPS) is 10.2. The largest absolute Gasteiger partial charge is 0.379 e. The summed E-state index contributed by atoms with van der Waals surface area (Å²) in [5.74, 6) is 0.105. The number of hydrogen-bond acceptors (Lipinski definition) is 7. The second-order valence-electron chi connectivity index (χ2n) is 5.19. The monoisotopic (exact) mass is 349 g/mol. The number of hydrogen-bond donors (Lipinski definition) is 1. The highest BCUT2D eigenvalue weighted by molar-refractivity contribution is 5.76. The van der Waals surface area contributed by atoms with Gasteiger partial charge >= 0.3 is 0 Å². The van der Waals surface area contributed by atoms with Crippen LogP contribution in [-0.2, 0) is 28.5 Å². The van der Waals surface area contributed by atoms with E-state index in [1.54, 1.807) is 0 Å². The van der Waals surface area contributed by atoms with E-state index in [1.807, 2.05) is 7.05 Å². The summed E-state index contributed by atoms with van der Waals surface area (Å²) in [6.07, 6.45) is 2.24. The van der Waals surface area contributed by atoms with Gasteiger partial charge in [-0.05, 0) is 27.3 Å². The van der Waals surface area contributed by atoms with Gasteiger partial charge in [-0.2, -0.15) is 0 Å². The molecule has 0 aliphatic heterocycles. The first-order valence-electron chi connectivity index (χ1n) is 8.49. The molecule has 144 valence electrons. The lowest BCUT2D eigenvalue weighted by molar-refractivity contribution is -0.122. The van der Waals surface area contributed by atoms with E-state index in [1.165, 1.54) is 13.8 Å². The van der Waals surface area contributed by atoms with E-state index in [9.17, 15) is 9.59 Å². The van der Waals surface area contributed by atoms with Crippen LogP contribution in [0, 0.1) is 0 Å². The summed E-state index contributed by atoms with van der Waals surface area (Å²) in [6, 6.07) is 0. The number of unbranched alkanes of at least 4 members (excludes halogenated alkanes) is 1. The molecule has 24 heavy (non-hydrogen) atoms. The summed E-state index contributed by atoms with van der Waals surface area (Å²) >= 11 is 0. The summed E-state index contributed by atoms with van der Waals surface area (Å²) in [6.45, 7) is 9.99. The molecule has 7 heteroatoms. The number of ketones is 2. The molecule has 7 nitrogen and oxygen atoms in total. The number of carbonyl (C=O) groups excluding carboxylic acids is 2. The predicted molar refractivity (Wildman–Crippen MR) is 93.5 cm³/mol. The van der Waals surface area contributed by atoms with Gasteiger partial charge in [-0.15, -0.1) is 0 Å². The van der Waals surface area contributed by atoms with E-state index < -0.39 is 0 Å². The molecule has 0 aliphatic rings. The smallest absolute Gasteiger partial charge is 0.155 e. The van der Waals surface area contributed by atoms with Crippen molar-refractivity contribution in [2.24, 2.45) is 0 Å². The molecule has 0 saturated carbocycles. The summed E-state index contributed by atoms with van der Waals surface area (Å²) in [5, 5.41) is 2.96. The van der Waals surface area contributed by atoms with Crippen LogP contribution in [0.3, 0.4) is 0 Å². The molecule has 0 spiro atoms. The first-order chi connectivity index (χ1) is 11.5. The molecule has 0 aliphatic carbocycles. The number of likely N-dealkylation sites (N-methyl/N-ethyl adjacent to an activating group) is 1. The van der Waals surface area contributed by atoms with Crippen molar-refractivity contribution in [3.63, 3.8) is 0 Å². The Balaban J connectivity index is 0. The first kappa shape index (κ1) is 25.4. The van der Waals surface area contributed by atoms with Crippen LogP contribution >= 0.6 is 0 Å². The van der Waals surface area contributed by atoms with Gasteiger partial charge in [0, 0.05) is 13.2 Å². The van der Waals surface area contributed by atoms with E-state index in [0.29, 0.717) is 33.0 Å². The Bertz CT molecular complexity index is 258. The van der Waals surface area contributed by atoms with E-state index in [-0.39, 0.29) is 24.8 Å². The summed E-state index contributed by atoms with van der Waals surface area (Å²) in [4.78, 5) is 20.8.